The number of benzene rings is 2. The fourth-order valence-electron chi connectivity index (χ4n) is 6.93. The van der Waals surface area contributed by atoms with Gasteiger partial charge in [-0.25, -0.2) is 4.79 Å². The van der Waals surface area contributed by atoms with Gasteiger partial charge in [0, 0.05) is 30.0 Å². The van der Waals surface area contributed by atoms with Crippen molar-refractivity contribution in [1.29, 1.82) is 0 Å². The number of methoxy groups -OCH3 is 1. The lowest BCUT2D eigenvalue weighted by Gasteiger charge is -2.37. The normalized spacial score (nSPS) is 24.6. The highest BCUT2D eigenvalue weighted by atomic mass is 16.5. The van der Waals surface area contributed by atoms with Gasteiger partial charge in [0.05, 0.1) is 19.1 Å². The smallest absolute Gasteiger partial charge is 0.408 e. The highest BCUT2D eigenvalue weighted by Gasteiger charge is 2.54. The van der Waals surface area contributed by atoms with Crippen LogP contribution in [-0.2, 0) is 38.5 Å². The highest BCUT2D eigenvalue weighted by molar-refractivity contribution is 6.01. The van der Waals surface area contributed by atoms with Gasteiger partial charge in [-0.2, -0.15) is 0 Å². The first-order valence-electron chi connectivity index (χ1n) is 15.0. The van der Waals surface area contributed by atoms with E-state index in [9.17, 15) is 19.5 Å². The van der Waals surface area contributed by atoms with Crippen molar-refractivity contribution in [3.63, 3.8) is 0 Å². The Bertz CT molecular complexity index is 1420. The number of fused-ring (bicyclic) bond motifs is 1. The quantitative estimate of drug-likeness (QED) is 0.468. The van der Waals surface area contributed by atoms with Gasteiger partial charge < -0.3 is 24.8 Å². The van der Waals surface area contributed by atoms with Gasteiger partial charge in [-0.3, -0.25) is 9.59 Å². The summed E-state index contributed by atoms with van der Waals surface area (Å²) in [6.07, 6.45) is 3.79. The summed E-state index contributed by atoms with van der Waals surface area (Å²) in [5, 5.41) is 13.7. The summed E-state index contributed by atoms with van der Waals surface area (Å²) in [4.78, 5) is 42.4. The summed E-state index contributed by atoms with van der Waals surface area (Å²) >= 11 is 0. The molecule has 2 aromatic carbocycles. The van der Waals surface area contributed by atoms with Crippen LogP contribution >= 0.6 is 0 Å². The summed E-state index contributed by atoms with van der Waals surface area (Å²) in [6.45, 7) is 7.48. The molecule has 1 saturated heterocycles. The van der Waals surface area contributed by atoms with E-state index in [0.29, 0.717) is 11.3 Å². The minimum absolute atomic E-state index is 0.00907. The molecule has 4 atom stereocenters. The number of ketones is 1. The van der Waals surface area contributed by atoms with Gasteiger partial charge in [0.1, 0.15) is 17.9 Å². The van der Waals surface area contributed by atoms with Crippen LogP contribution in [0.2, 0.25) is 0 Å². The third kappa shape index (κ3) is 5.98. The second kappa shape index (κ2) is 12.0. The Hall–Kier alpha value is -3.91. The van der Waals surface area contributed by atoms with Gasteiger partial charge in [0.25, 0.3) is 0 Å². The number of hydrogen-bond donors (Lipinski definition) is 2. The number of carbonyl (C=O) groups excluding carboxylic acids is 3. The van der Waals surface area contributed by atoms with Crippen molar-refractivity contribution in [3.8, 4) is 0 Å². The number of alkyl carbamates (subject to hydrolysis) is 1. The minimum atomic E-state index is -1.27. The molecule has 0 bridgehead atoms. The van der Waals surface area contributed by atoms with Crippen molar-refractivity contribution in [3.05, 3.63) is 94.8 Å². The number of aliphatic hydroxyl groups excluding tert-OH is 1. The van der Waals surface area contributed by atoms with E-state index in [1.54, 1.807) is 32.8 Å². The maximum Gasteiger partial charge on any atom is 0.408 e. The van der Waals surface area contributed by atoms with Gasteiger partial charge in [-0.1, -0.05) is 67.6 Å². The van der Waals surface area contributed by atoms with Crippen LogP contribution < -0.4 is 5.32 Å². The van der Waals surface area contributed by atoms with Crippen molar-refractivity contribution in [2.75, 3.05) is 20.2 Å². The average Bonchev–Trinajstić information content (AvgIpc) is 3.57. The molecule has 0 aromatic heterocycles. The maximum absolute atomic E-state index is 14.3. The second-order valence-corrected chi connectivity index (χ2v) is 12.9. The number of aliphatic hydroxyl groups is 1. The van der Waals surface area contributed by atoms with Gasteiger partial charge >= 0.3 is 6.09 Å². The number of likely N-dealkylation sites (tertiary alicyclic amines) is 1. The van der Waals surface area contributed by atoms with E-state index in [0.717, 1.165) is 18.4 Å². The van der Waals surface area contributed by atoms with Gasteiger partial charge in [-0.05, 0) is 62.3 Å². The lowest BCUT2D eigenvalue weighted by molar-refractivity contribution is -0.136. The first-order valence-corrected chi connectivity index (χ1v) is 15.0. The number of rotatable bonds is 8. The summed E-state index contributed by atoms with van der Waals surface area (Å²) in [5.74, 6) is -0.426. The topological polar surface area (TPSA) is 105 Å². The van der Waals surface area contributed by atoms with Gasteiger partial charge in [-0.15, -0.1) is 0 Å². The first-order chi connectivity index (χ1) is 20.4. The Kier molecular flexibility index (Phi) is 8.52. The fraction of sp³-hybridized carbons (Fsp3) is 0.457. The molecule has 2 amide bonds. The predicted octanol–water partition coefficient (Wildman–Crippen LogP) is 4.61. The zero-order chi connectivity index (χ0) is 30.9. The zero-order valence-corrected chi connectivity index (χ0v) is 25.6. The van der Waals surface area contributed by atoms with Crippen LogP contribution in [0.1, 0.15) is 44.4 Å². The standard InChI is InChI=1S/C35H42N2O6/c1-22(38)35(4)21-37(32(40)34(2,3)36-33(41)43-20-23-11-7-6-8-12-23)19-28(35)27-15-16-29(42-5)30(31(27)39)26-17-24-13-9-10-14-25(24)18-26/h6-16,22,26,28,30,38H,17-21H2,1-5H3,(H,36,41)/t22-,28-,30?,35+/m1/s1. The molecule has 1 unspecified atom stereocenters. The molecule has 2 N–H and O–H groups in total. The number of nitrogens with zero attached hydrogens (tertiary/aromatic N) is 1. The Morgan fingerprint density at radius 2 is 1.70 bits per heavy atom. The Morgan fingerprint density at radius 1 is 1.07 bits per heavy atom. The largest absolute Gasteiger partial charge is 0.500 e. The van der Waals surface area contributed by atoms with E-state index in [1.165, 1.54) is 11.1 Å². The molecule has 1 fully saturated rings. The van der Waals surface area contributed by atoms with Crippen LogP contribution in [0, 0.1) is 23.2 Å². The minimum Gasteiger partial charge on any atom is -0.500 e. The molecule has 8 heteroatoms. The molecule has 5 rings (SSSR count). The van der Waals surface area contributed by atoms with Gasteiger partial charge in [0.15, 0.2) is 5.78 Å². The molecule has 0 radical (unpaired) electrons. The molecule has 0 saturated carbocycles. The summed E-state index contributed by atoms with van der Waals surface area (Å²) in [5.41, 5.74) is 1.92. The number of carbonyl (C=O) groups is 3. The number of Topliss-reactive ketones (excluding diaryl/α,β-unsaturated/α-hetero) is 1. The molecule has 1 aliphatic heterocycles. The Balaban J connectivity index is 1.33. The molecule has 3 aliphatic rings. The van der Waals surface area contributed by atoms with E-state index in [-0.39, 0.29) is 37.3 Å². The predicted molar refractivity (Wildman–Crippen MR) is 163 cm³/mol. The van der Waals surface area contributed by atoms with Crippen LogP contribution in [0.3, 0.4) is 0 Å². The Labute approximate surface area is 253 Å². The number of hydrogen-bond acceptors (Lipinski definition) is 6. The zero-order valence-electron chi connectivity index (χ0n) is 25.6. The van der Waals surface area contributed by atoms with Crippen LogP contribution in [-0.4, -0.2) is 59.6 Å². The van der Waals surface area contributed by atoms with E-state index in [1.807, 2.05) is 61.5 Å². The molecule has 228 valence electrons. The highest BCUT2D eigenvalue weighted by Crippen LogP contribution is 2.47. The molecule has 8 nitrogen and oxygen atoms in total. The molecule has 0 spiro atoms. The number of amides is 2. The van der Waals surface area contributed by atoms with E-state index >= 15 is 0 Å². The molecular formula is C35H42N2O6. The van der Waals surface area contributed by atoms with Crippen molar-refractivity contribution in [1.82, 2.24) is 10.2 Å². The van der Waals surface area contributed by atoms with Crippen LogP contribution in [0.25, 0.3) is 0 Å². The fourth-order valence-corrected chi connectivity index (χ4v) is 6.93. The summed E-state index contributed by atoms with van der Waals surface area (Å²) in [7, 11) is 1.60. The van der Waals surface area contributed by atoms with Crippen molar-refractivity contribution >= 4 is 17.8 Å². The van der Waals surface area contributed by atoms with E-state index < -0.39 is 35.0 Å². The summed E-state index contributed by atoms with van der Waals surface area (Å²) in [6, 6.07) is 17.6. The van der Waals surface area contributed by atoms with E-state index in [4.69, 9.17) is 9.47 Å². The average molecular weight is 587 g/mol. The number of nitrogens with one attached hydrogen (secondary N) is 1. The maximum atomic E-state index is 14.3. The lowest BCUT2D eigenvalue weighted by atomic mass is 9.67. The van der Waals surface area contributed by atoms with Crippen molar-refractivity contribution in [2.24, 2.45) is 23.2 Å². The van der Waals surface area contributed by atoms with Gasteiger partial charge in [0.2, 0.25) is 5.91 Å². The second-order valence-electron chi connectivity index (χ2n) is 12.9. The molecule has 2 aromatic rings. The monoisotopic (exact) mass is 586 g/mol. The van der Waals surface area contributed by atoms with Crippen molar-refractivity contribution in [2.45, 2.75) is 58.8 Å². The number of allylic oxidation sites excluding steroid dienone is 3. The van der Waals surface area contributed by atoms with E-state index in [2.05, 4.69) is 17.4 Å². The third-order valence-electron chi connectivity index (χ3n) is 9.60. The Morgan fingerprint density at radius 3 is 2.30 bits per heavy atom. The summed E-state index contributed by atoms with van der Waals surface area (Å²) < 4.78 is 11.1. The van der Waals surface area contributed by atoms with Crippen LogP contribution in [0.15, 0.2) is 78.1 Å². The third-order valence-corrected chi connectivity index (χ3v) is 9.60. The molecule has 1 heterocycles. The first kappa shape index (κ1) is 30.5. The number of ether oxygens (including phenoxy) is 2. The SMILES string of the molecule is COC1=CC=C([C@H]2CN(C(=O)C(C)(C)NC(=O)OCc3ccccc3)C[C@@]2(C)[C@@H](C)O)C(=O)C1C1Cc2ccccc2C1. The van der Waals surface area contributed by atoms with Crippen molar-refractivity contribution < 1.29 is 29.0 Å². The lowest BCUT2D eigenvalue weighted by Crippen LogP contribution is -2.56. The van der Waals surface area contributed by atoms with Crippen LogP contribution in [0.5, 0.6) is 0 Å². The molecule has 43 heavy (non-hydrogen) atoms. The van der Waals surface area contributed by atoms with Crippen LogP contribution in [0.4, 0.5) is 4.79 Å². The molecule has 2 aliphatic carbocycles. The molecular weight excluding hydrogens is 544 g/mol.